The predicted octanol–water partition coefficient (Wildman–Crippen LogP) is 3.50. The number of nitrogens with zero attached hydrogens (tertiary/aromatic N) is 1. The molecule has 0 saturated heterocycles. The molecule has 0 atom stereocenters. The third kappa shape index (κ3) is 2.89. The zero-order chi connectivity index (χ0) is 15.6. The van der Waals surface area contributed by atoms with Crippen molar-refractivity contribution in [2.24, 2.45) is 0 Å². The Morgan fingerprint density at radius 1 is 1.24 bits per heavy atom. The minimum Gasteiger partial charge on any atom is -0.465 e. The molecule has 0 N–H and O–H groups in total. The number of nitro groups is 1. The van der Waals surface area contributed by atoms with Crippen LogP contribution in [0, 0.1) is 22.9 Å². The quantitative estimate of drug-likeness (QED) is 0.492. The zero-order valence-electron chi connectivity index (χ0n) is 11.4. The Labute approximate surface area is 120 Å². The monoisotopic (exact) mass is 289 g/mol. The van der Waals surface area contributed by atoms with Gasteiger partial charge in [0.2, 0.25) is 0 Å². The first-order valence-corrected chi connectivity index (χ1v) is 6.07. The van der Waals surface area contributed by atoms with Gasteiger partial charge in [-0.1, -0.05) is 12.1 Å². The van der Waals surface area contributed by atoms with E-state index in [0.717, 1.165) is 6.07 Å². The van der Waals surface area contributed by atoms with E-state index in [4.69, 9.17) is 0 Å². The Hall–Kier alpha value is -2.76. The standard InChI is InChI=1S/C15H12FNO4/c1-9-3-4-10(7-13(9)16)12-6-5-11(15(18)21-2)8-14(12)17(19)20/h3-8H,1-2H3. The smallest absolute Gasteiger partial charge is 0.338 e. The number of carbonyl (C=O) groups excluding carboxylic acids is 1. The molecule has 0 aliphatic rings. The number of rotatable bonds is 3. The van der Waals surface area contributed by atoms with Crippen LogP contribution >= 0.6 is 0 Å². The summed E-state index contributed by atoms with van der Waals surface area (Å²) in [4.78, 5) is 22.0. The minimum absolute atomic E-state index is 0.0699. The van der Waals surface area contributed by atoms with Gasteiger partial charge in [-0.25, -0.2) is 9.18 Å². The van der Waals surface area contributed by atoms with Crippen molar-refractivity contribution in [1.29, 1.82) is 0 Å². The fourth-order valence-corrected chi connectivity index (χ4v) is 1.93. The van der Waals surface area contributed by atoms with Gasteiger partial charge in [-0.05, 0) is 36.2 Å². The fraction of sp³-hybridized carbons (Fsp3) is 0.133. The molecule has 0 aliphatic heterocycles. The highest BCUT2D eigenvalue weighted by Crippen LogP contribution is 2.31. The molecule has 108 valence electrons. The zero-order valence-corrected chi connectivity index (χ0v) is 11.4. The topological polar surface area (TPSA) is 69.4 Å². The largest absolute Gasteiger partial charge is 0.465 e. The molecule has 5 nitrogen and oxygen atoms in total. The second-order valence-corrected chi connectivity index (χ2v) is 4.44. The minimum atomic E-state index is -0.667. The molecular weight excluding hydrogens is 277 g/mol. The maximum atomic E-state index is 13.6. The van der Waals surface area contributed by atoms with Gasteiger partial charge < -0.3 is 4.74 Å². The van der Waals surface area contributed by atoms with Crippen LogP contribution in [-0.2, 0) is 4.74 Å². The van der Waals surface area contributed by atoms with Gasteiger partial charge in [0.25, 0.3) is 5.69 Å². The van der Waals surface area contributed by atoms with Crippen molar-refractivity contribution < 1.29 is 18.8 Å². The average molecular weight is 289 g/mol. The molecule has 2 aromatic carbocycles. The van der Waals surface area contributed by atoms with Crippen LogP contribution in [0.15, 0.2) is 36.4 Å². The van der Waals surface area contributed by atoms with Crippen molar-refractivity contribution in [3.8, 4) is 11.1 Å². The number of esters is 1. The van der Waals surface area contributed by atoms with Gasteiger partial charge in [-0.3, -0.25) is 10.1 Å². The molecule has 0 aromatic heterocycles. The van der Waals surface area contributed by atoms with E-state index in [-0.39, 0.29) is 16.8 Å². The summed E-state index contributed by atoms with van der Waals surface area (Å²) in [5.41, 5.74) is 0.863. The second-order valence-electron chi connectivity index (χ2n) is 4.44. The maximum Gasteiger partial charge on any atom is 0.338 e. The summed E-state index contributed by atoms with van der Waals surface area (Å²) < 4.78 is 18.1. The number of hydrogen-bond donors (Lipinski definition) is 0. The number of carbonyl (C=O) groups is 1. The molecule has 2 rings (SSSR count). The van der Waals surface area contributed by atoms with Gasteiger partial charge in [0.05, 0.1) is 23.2 Å². The van der Waals surface area contributed by atoms with E-state index in [1.807, 2.05) is 0 Å². The molecule has 0 heterocycles. The highest BCUT2D eigenvalue weighted by molar-refractivity contribution is 5.92. The summed E-state index contributed by atoms with van der Waals surface area (Å²) in [6, 6.07) is 8.32. The lowest BCUT2D eigenvalue weighted by Crippen LogP contribution is -2.03. The van der Waals surface area contributed by atoms with Gasteiger partial charge in [-0.15, -0.1) is 0 Å². The summed E-state index contributed by atoms with van der Waals surface area (Å²) >= 11 is 0. The van der Waals surface area contributed by atoms with Crippen LogP contribution in [0.3, 0.4) is 0 Å². The van der Waals surface area contributed by atoms with E-state index in [9.17, 15) is 19.3 Å². The Kier molecular flexibility index (Phi) is 3.98. The van der Waals surface area contributed by atoms with Crippen molar-refractivity contribution in [3.63, 3.8) is 0 Å². The van der Waals surface area contributed by atoms with E-state index in [1.165, 1.54) is 25.3 Å². The molecule has 21 heavy (non-hydrogen) atoms. The van der Waals surface area contributed by atoms with Crippen LogP contribution in [0.1, 0.15) is 15.9 Å². The van der Waals surface area contributed by atoms with Crippen molar-refractivity contribution in [2.75, 3.05) is 7.11 Å². The summed E-state index contributed by atoms with van der Waals surface area (Å²) in [6.45, 7) is 1.61. The second kappa shape index (κ2) is 5.70. The van der Waals surface area contributed by atoms with Gasteiger partial charge in [0.15, 0.2) is 0 Å². The number of ether oxygens (including phenoxy) is 1. The van der Waals surface area contributed by atoms with Gasteiger partial charge in [0, 0.05) is 6.07 Å². The van der Waals surface area contributed by atoms with Gasteiger partial charge in [0.1, 0.15) is 5.82 Å². The molecular formula is C15H12FNO4. The first-order valence-electron chi connectivity index (χ1n) is 6.07. The lowest BCUT2D eigenvalue weighted by molar-refractivity contribution is -0.384. The van der Waals surface area contributed by atoms with E-state index in [1.54, 1.807) is 19.1 Å². The molecule has 0 amide bonds. The molecule has 2 aromatic rings. The highest BCUT2D eigenvalue weighted by atomic mass is 19.1. The number of hydrogen-bond acceptors (Lipinski definition) is 4. The first kappa shape index (κ1) is 14.6. The third-order valence-corrected chi connectivity index (χ3v) is 3.10. The van der Waals surface area contributed by atoms with Crippen LogP contribution in [0.25, 0.3) is 11.1 Å². The van der Waals surface area contributed by atoms with Crippen LogP contribution < -0.4 is 0 Å². The number of aryl methyl sites for hydroxylation is 1. The maximum absolute atomic E-state index is 13.6. The molecule has 0 bridgehead atoms. The number of methoxy groups -OCH3 is 1. The molecule has 0 spiro atoms. The summed E-state index contributed by atoms with van der Waals surface area (Å²) in [5, 5.41) is 11.2. The lowest BCUT2D eigenvalue weighted by Gasteiger charge is -2.06. The van der Waals surface area contributed by atoms with Gasteiger partial charge >= 0.3 is 5.97 Å². The van der Waals surface area contributed by atoms with Gasteiger partial charge in [-0.2, -0.15) is 0 Å². The van der Waals surface area contributed by atoms with E-state index in [2.05, 4.69) is 4.74 Å². The Balaban J connectivity index is 2.60. The summed E-state index contributed by atoms with van der Waals surface area (Å²) in [6.07, 6.45) is 0. The molecule has 0 aliphatic carbocycles. The lowest BCUT2D eigenvalue weighted by atomic mass is 10.0. The summed E-state index contributed by atoms with van der Waals surface area (Å²) in [7, 11) is 1.19. The Morgan fingerprint density at radius 3 is 2.52 bits per heavy atom. The fourth-order valence-electron chi connectivity index (χ4n) is 1.93. The number of halogens is 1. The number of nitro benzene ring substituents is 1. The predicted molar refractivity (Wildman–Crippen MR) is 74.6 cm³/mol. The molecule has 0 radical (unpaired) electrons. The highest BCUT2D eigenvalue weighted by Gasteiger charge is 2.19. The van der Waals surface area contributed by atoms with E-state index in [0.29, 0.717) is 11.1 Å². The van der Waals surface area contributed by atoms with E-state index >= 15 is 0 Å². The van der Waals surface area contributed by atoms with Crippen molar-refractivity contribution in [3.05, 3.63) is 63.5 Å². The average Bonchev–Trinajstić information content (AvgIpc) is 2.48. The van der Waals surface area contributed by atoms with Crippen LogP contribution in [-0.4, -0.2) is 18.0 Å². The Morgan fingerprint density at radius 2 is 1.95 bits per heavy atom. The Bertz CT molecular complexity index is 728. The molecule has 0 saturated carbocycles. The van der Waals surface area contributed by atoms with Crippen molar-refractivity contribution in [1.82, 2.24) is 0 Å². The molecule has 0 unspecified atom stereocenters. The first-order chi connectivity index (χ1) is 9.93. The normalized spacial score (nSPS) is 10.2. The van der Waals surface area contributed by atoms with E-state index < -0.39 is 16.7 Å². The SMILES string of the molecule is COC(=O)c1ccc(-c2ccc(C)c(F)c2)c([N+](=O)[O-])c1. The van der Waals surface area contributed by atoms with Crippen LogP contribution in [0.4, 0.5) is 10.1 Å². The van der Waals surface area contributed by atoms with Crippen LogP contribution in [0.5, 0.6) is 0 Å². The van der Waals surface area contributed by atoms with Crippen LogP contribution in [0.2, 0.25) is 0 Å². The number of benzene rings is 2. The third-order valence-electron chi connectivity index (χ3n) is 3.10. The summed E-state index contributed by atoms with van der Waals surface area (Å²) in [5.74, 6) is -1.11. The molecule has 6 heteroatoms. The van der Waals surface area contributed by atoms with Crippen molar-refractivity contribution in [2.45, 2.75) is 6.92 Å². The van der Waals surface area contributed by atoms with Crippen molar-refractivity contribution >= 4 is 11.7 Å². The molecule has 0 fully saturated rings.